The maximum absolute atomic E-state index is 12.4. The zero-order valence-electron chi connectivity index (χ0n) is 18.7. The molecule has 1 amide bonds. The number of halogens is 1. The van der Waals surface area contributed by atoms with Crippen LogP contribution in [0.5, 0.6) is 0 Å². The highest BCUT2D eigenvalue weighted by molar-refractivity contribution is 6.30. The van der Waals surface area contributed by atoms with Crippen LogP contribution in [-0.4, -0.2) is 21.9 Å². The van der Waals surface area contributed by atoms with Crippen molar-refractivity contribution >= 4 is 23.7 Å². The predicted molar refractivity (Wildman–Crippen MR) is 141 cm³/mol. The second kappa shape index (κ2) is 10.2. The van der Waals surface area contributed by atoms with E-state index in [0.29, 0.717) is 10.6 Å². The van der Waals surface area contributed by atoms with Crippen molar-refractivity contribution in [2.75, 3.05) is 0 Å². The summed E-state index contributed by atoms with van der Waals surface area (Å²) in [5.41, 5.74) is 8.75. The molecule has 1 N–H and O–H groups in total. The number of hydrogen-bond acceptors (Lipinski definition) is 3. The minimum atomic E-state index is -0.317. The minimum Gasteiger partial charge on any atom is -0.267 e. The fraction of sp³-hybridized carbons (Fsp3) is 0. The van der Waals surface area contributed by atoms with E-state index in [1.54, 1.807) is 30.5 Å². The lowest BCUT2D eigenvalue weighted by Crippen LogP contribution is -2.17. The van der Waals surface area contributed by atoms with Gasteiger partial charge in [-0.2, -0.15) is 10.2 Å². The van der Waals surface area contributed by atoms with Gasteiger partial charge < -0.3 is 0 Å². The first-order chi connectivity index (χ1) is 17.2. The molecule has 0 saturated heterocycles. The molecule has 6 heteroatoms. The topological polar surface area (TPSA) is 59.3 Å². The van der Waals surface area contributed by atoms with Gasteiger partial charge in [0.15, 0.2) is 0 Å². The number of amides is 1. The number of aromatic nitrogens is 2. The molecular formula is C29H21ClN4O. The van der Waals surface area contributed by atoms with Crippen LogP contribution in [0.25, 0.3) is 28.1 Å². The molecule has 1 heterocycles. The van der Waals surface area contributed by atoms with Gasteiger partial charge in [-0.05, 0) is 47.5 Å². The third-order valence-corrected chi connectivity index (χ3v) is 5.76. The van der Waals surface area contributed by atoms with Gasteiger partial charge >= 0.3 is 0 Å². The van der Waals surface area contributed by atoms with E-state index in [9.17, 15) is 4.79 Å². The highest BCUT2D eigenvalue weighted by Crippen LogP contribution is 2.26. The van der Waals surface area contributed by atoms with Gasteiger partial charge in [-0.25, -0.2) is 10.1 Å². The van der Waals surface area contributed by atoms with E-state index in [0.717, 1.165) is 33.6 Å². The van der Waals surface area contributed by atoms with Gasteiger partial charge in [0, 0.05) is 27.9 Å². The molecule has 0 aliphatic rings. The van der Waals surface area contributed by atoms with Gasteiger partial charge in [-0.1, -0.05) is 84.4 Å². The predicted octanol–water partition coefficient (Wildman–Crippen LogP) is 6.62. The average Bonchev–Trinajstić information content (AvgIpc) is 3.34. The third-order valence-electron chi connectivity index (χ3n) is 5.50. The second-order valence-electron chi connectivity index (χ2n) is 7.86. The van der Waals surface area contributed by atoms with Crippen molar-refractivity contribution in [1.82, 2.24) is 15.2 Å². The largest absolute Gasteiger partial charge is 0.271 e. The number of nitrogens with one attached hydrogen (secondary N) is 1. The van der Waals surface area contributed by atoms with Crippen molar-refractivity contribution in [3.63, 3.8) is 0 Å². The highest BCUT2D eigenvalue weighted by Gasteiger charge is 2.12. The Morgan fingerprint density at radius 2 is 1.37 bits per heavy atom. The maximum atomic E-state index is 12.4. The molecule has 35 heavy (non-hydrogen) atoms. The summed E-state index contributed by atoms with van der Waals surface area (Å²) < 4.78 is 1.81. The molecule has 5 nitrogen and oxygen atoms in total. The Labute approximate surface area is 208 Å². The normalized spacial score (nSPS) is 11.0. The van der Waals surface area contributed by atoms with Crippen molar-refractivity contribution in [3.8, 4) is 28.1 Å². The van der Waals surface area contributed by atoms with Crippen molar-refractivity contribution in [2.45, 2.75) is 0 Å². The number of rotatable bonds is 6. The van der Waals surface area contributed by atoms with Crippen LogP contribution in [0, 0.1) is 0 Å². The van der Waals surface area contributed by atoms with Crippen LogP contribution in [0.2, 0.25) is 5.02 Å². The SMILES string of the molecule is O=C(N/N=C/c1cn(-c2ccccc2)nc1-c1ccc(-c2ccccc2)cc1)c1ccc(Cl)cc1. The van der Waals surface area contributed by atoms with Gasteiger partial charge in [-0.15, -0.1) is 0 Å². The van der Waals surface area contributed by atoms with Crippen molar-refractivity contribution in [1.29, 1.82) is 0 Å². The Morgan fingerprint density at radius 3 is 2.06 bits per heavy atom. The van der Waals surface area contributed by atoms with E-state index in [2.05, 4.69) is 34.8 Å². The third kappa shape index (κ3) is 5.21. The second-order valence-corrected chi connectivity index (χ2v) is 8.30. The van der Waals surface area contributed by atoms with E-state index in [1.165, 1.54) is 0 Å². The van der Waals surface area contributed by atoms with Gasteiger partial charge in [0.05, 0.1) is 11.9 Å². The molecule has 0 saturated carbocycles. The Hall–Kier alpha value is -4.48. The first kappa shape index (κ1) is 22.3. The summed E-state index contributed by atoms with van der Waals surface area (Å²) in [6, 6.07) is 35.0. The van der Waals surface area contributed by atoms with Crippen LogP contribution in [0.3, 0.4) is 0 Å². The monoisotopic (exact) mass is 476 g/mol. The van der Waals surface area contributed by atoms with Crippen LogP contribution in [0.1, 0.15) is 15.9 Å². The molecule has 0 bridgehead atoms. The summed E-state index contributed by atoms with van der Waals surface area (Å²) in [4.78, 5) is 12.4. The van der Waals surface area contributed by atoms with E-state index in [-0.39, 0.29) is 5.91 Å². The van der Waals surface area contributed by atoms with Crippen molar-refractivity contribution in [2.24, 2.45) is 5.10 Å². The lowest BCUT2D eigenvalue weighted by atomic mass is 10.0. The minimum absolute atomic E-state index is 0.317. The van der Waals surface area contributed by atoms with Gasteiger partial charge in [0.2, 0.25) is 0 Å². The zero-order valence-corrected chi connectivity index (χ0v) is 19.4. The van der Waals surface area contributed by atoms with Crippen LogP contribution in [0.15, 0.2) is 120 Å². The number of benzene rings is 4. The van der Waals surface area contributed by atoms with E-state index in [4.69, 9.17) is 16.7 Å². The maximum Gasteiger partial charge on any atom is 0.271 e. The van der Waals surface area contributed by atoms with Crippen LogP contribution < -0.4 is 5.43 Å². The Bertz CT molecular complexity index is 1460. The number of para-hydroxylation sites is 1. The summed E-state index contributed by atoms with van der Waals surface area (Å²) >= 11 is 5.90. The standard InChI is InChI=1S/C29H21ClN4O/c30-26-17-15-24(16-18-26)29(35)32-31-19-25-20-34(27-9-5-2-6-10-27)33-28(25)23-13-11-22(12-14-23)21-7-3-1-4-8-21/h1-20H,(H,32,35)/b31-19+. The molecule has 0 fully saturated rings. The quantitative estimate of drug-likeness (QED) is 0.221. The van der Waals surface area contributed by atoms with E-state index < -0.39 is 0 Å². The van der Waals surface area contributed by atoms with Gasteiger partial charge in [0.1, 0.15) is 5.69 Å². The Kier molecular flexibility index (Phi) is 6.50. The zero-order chi connectivity index (χ0) is 24.0. The number of carbonyl (C=O) groups excluding carboxylic acids is 1. The molecule has 4 aromatic carbocycles. The van der Waals surface area contributed by atoms with Gasteiger partial charge in [-0.3, -0.25) is 4.79 Å². The number of nitrogens with zero attached hydrogens (tertiary/aromatic N) is 3. The molecular weight excluding hydrogens is 456 g/mol. The van der Waals surface area contributed by atoms with Crippen LogP contribution in [-0.2, 0) is 0 Å². The summed E-state index contributed by atoms with van der Waals surface area (Å²) in [6.45, 7) is 0. The number of hydrazone groups is 1. The summed E-state index contributed by atoms with van der Waals surface area (Å²) in [5, 5.41) is 9.58. The first-order valence-corrected chi connectivity index (χ1v) is 11.4. The summed E-state index contributed by atoms with van der Waals surface area (Å²) in [5.74, 6) is -0.317. The first-order valence-electron chi connectivity index (χ1n) is 11.1. The van der Waals surface area contributed by atoms with Crippen molar-refractivity contribution < 1.29 is 4.79 Å². The molecule has 170 valence electrons. The molecule has 0 unspecified atom stereocenters. The molecule has 5 rings (SSSR count). The fourth-order valence-corrected chi connectivity index (χ4v) is 3.82. The van der Waals surface area contributed by atoms with Crippen molar-refractivity contribution in [3.05, 3.63) is 132 Å². The Balaban J connectivity index is 1.44. The number of carbonyl (C=O) groups is 1. The number of hydrogen-bond donors (Lipinski definition) is 1. The lowest BCUT2D eigenvalue weighted by Gasteiger charge is -2.04. The molecule has 0 radical (unpaired) electrons. The lowest BCUT2D eigenvalue weighted by molar-refractivity contribution is 0.0955. The molecule has 0 aliphatic carbocycles. The van der Waals surface area contributed by atoms with Gasteiger partial charge in [0.25, 0.3) is 5.91 Å². The molecule has 0 aliphatic heterocycles. The summed E-state index contributed by atoms with van der Waals surface area (Å²) in [6.07, 6.45) is 3.51. The fourth-order valence-electron chi connectivity index (χ4n) is 3.70. The van der Waals surface area contributed by atoms with Crippen LogP contribution in [0.4, 0.5) is 0 Å². The molecule has 0 atom stereocenters. The Morgan fingerprint density at radius 1 is 0.771 bits per heavy atom. The molecule has 1 aromatic heterocycles. The van der Waals surface area contributed by atoms with Crippen LogP contribution >= 0.6 is 11.6 Å². The highest BCUT2D eigenvalue weighted by atomic mass is 35.5. The summed E-state index contributed by atoms with van der Waals surface area (Å²) in [7, 11) is 0. The molecule has 0 spiro atoms. The smallest absolute Gasteiger partial charge is 0.267 e. The van der Waals surface area contributed by atoms with E-state index >= 15 is 0 Å². The molecule has 5 aromatic rings. The average molecular weight is 477 g/mol. The van der Waals surface area contributed by atoms with E-state index in [1.807, 2.05) is 71.5 Å².